The average Bonchev–Trinajstić information content (AvgIpc) is 2.06. The zero-order valence-electron chi connectivity index (χ0n) is 6.88. The molecule has 0 aromatic heterocycles. The first kappa shape index (κ1) is 9.44. The van der Waals surface area contributed by atoms with Crippen molar-refractivity contribution in [3.05, 3.63) is 0 Å². The standard InChI is InChI=1S/C7H14N2O3/c10-7(5-12-11)9-6-1-3-8-4-2-6/h6,8,11H,1-5H2,(H,9,10). The maximum atomic E-state index is 10.9. The van der Waals surface area contributed by atoms with Crippen LogP contribution >= 0.6 is 0 Å². The Kier molecular flexibility index (Phi) is 3.99. The highest BCUT2D eigenvalue weighted by Crippen LogP contribution is 2.00. The molecule has 5 nitrogen and oxygen atoms in total. The highest BCUT2D eigenvalue weighted by molar-refractivity contribution is 5.77. The molecule has 1 rings (SSSR count). The summed E-state index contributed by atoms with van der Waals surface area (Å²) in [5.74, 6) is -0.260. The van der Waals surface area contributed by atoms with E-state index in [1.54, 1.807) is 0 Å². The molecule has 0 radical (unpaired) electrons. The van der Waals surface area contributed by atoms with Crippen LogP contribution in [0.5, 0.6) is 0 Å². The summed E-state index contributed by atoms with van der Waals surface area (Å²) in [6.07, 6.45) is 1.88. The molecule has 1 heterocycles. The van der Waals surface area contributed by atoms with Crippen molar-refractivity contribution in [2.24, 2.45) is 0 Å². The fourth-order valence-corrected chi connectivity index (χ4v) is 1.29. The second kappa shape index (κ2) is 5.08. The molecule has 12 heavy (non-hydrogen) atoms. The Hall–Kier alpha value is -0.650. The number of hydrogen-bond donors (Lipinski definition) is 3. The van der Waals surface area contributed by atoms with Gasteiger partial charge in [0.15, 0.2) is 6.61 Å². The number of rotatable bonds is 3. The third-order valence-electron chi connectivity index (χ3n) is 1.90. The number of amides is 1. The molecule has 0 atom stereocenters. The number of piperidine rings is 1. The van der Waals surface area contributed by atoms with Crippen molar-refractivity contribution in [3.63, 3.8) is 0 Å². The number of hydrogen-bond acceptors (Lipinski definition) is 4. The van der Waals surface area contributed by atoms with E-state index in [2.05, 4.69) is 15.5 Å². The molecular weight excluding hydrogens is 160 g/mol. The Morgan fingerprint density at radius 3 is 2.83 bits per heavy atom. The zero-order valence-corrected chi connectivity index (χ0v) is 6.88. The van der Waals surface area contributed by atoms with E-state index in [4.69, 9.17) is 5.26 Å². The van der Waals surface area contributed by atoms with Crippen LogP contribution in [0.3, 0.4) is 0 Å². The van der Waals surface area contributed by atoms with Gasteiger partial charge in [-0.3, -0.25) is 10.1 Å². The SMILES string of the molecule is O=C(COO)NC1CCNCC1. The minimum atomic E-state index is -0.274. The highest BCUT2D eigenvalue weighted by atomic mass is 17.1. The third-order valence-corrected chi connectivity index (χ3v) is 1.90. The van der Waals surface area contributed by atoms with Gasteiger partial charge in [-0.15, -0.1) is 0 Å². The molecular formula is C7H14N2O3. The summed E-state index contributed by atoms with van der Waals surface area (Å²) in [5, 5.41) is 13.9. The van der Waals surface area contributed by atoms with Gasteiger partial charge in [0.1, 0.15) is 0 Å². The van der Waals surface area contributed by atoms with Crippen molar-refractivity contribution >= 4 is 5.91 Å². The minimum Gasteiger partial charge on any atom is -0.351 e. The normalized spacial score (nSPS) is 19.1. The van der Waals surface area contributed by atoms with Crippen LogP contribution in [0.1, 0.15) is 12.8 Å². The maximum absolute atomic E-state index is 10.9. The lowest BCUT2D eigenvalue weighted by Gasteiger charge is -2.23. The fraction of sp³-hybridized carbons (Fsp3) is 0.857. The van der Waals surface area contributed by atoms with Crippen molar-refractivity contribution in [3.8, 4) is 0 Å². The molecule has 1 saturated heterocycles. The van der Waals surface area contributed by atoms with Crippen LogP contribution in [0.4, 0.5) is 0 Å². The monoisotopic (exact) mass is 174 g/mol. The molecule has 1 aliphatic heterocycles. The maximum Gasteiger partial charge on any atom is 0.249 e. The first-order valence-corrected chi connectivity index (χ1v) is 4.09. The summed E-state index contributed by atoms with van der Waals surface area (Å²) in [6.45, 7) is 1.60. The smallest absolute Gasteiger partial charge is 0.249 e. The van der Waals surface area contributed by atoms with Gasteiger partial charge in [0.2, 0.25) is 5.91 Å². The van der Waals surface area contributed by atoms with Gasteiger partial charge in [0.05, 0.1) is 0 Å². The molecule has 0 aliphatic carbocycles. The minimum absolute atomic E-state index is 0.230. The zero-order chi connectivity index (χ0) is 8.81. The van der Waals surface area contributed by atoms with Crippen LogP contribution in [0.2, 0.25) is 0 Å². The Morgan fingerprint density at radius 1 is 1.58 bits per heavy atom. The van der Waals surface area contributed by atoms with Gasteiger partial charge in [-0.25, -0.2) is 4.89 Å². The molecule has 0 aromatic carbocycles. The van der Waals surface area contributed by atoms with E-state index in [0.29, 0.717) is 0 Å². The number of carbonyl (C=O) groups excluding carboxylic acids is 1. The van der Waals surface area contributed by atoms with Crippen molar-refractivity contribution < 1.29 is 14.9 Å². The van der Waals surface area contributed by atoms with Crippen LogP contribution in [0, 0.1) is 0 Å². The summed E-state index contributed by atoms with van der Waals surface area (Å²) in [7, 11) is 0. The van der Waals surface area contributed by atoms with Crippen LogP contribution in [0.15, 0.2) is 0 Å². The van der Waals surface area contributed by atoms with Crippen molar-refractivity contribution in [2.45, 2.75) is 18.9 Å². The summed E-state index contributed by atoms with van der Waals surface area (Å²) in [4.78, 5) is 14.6. The van der Waals surface area contributed by atoms with E-state index >= 15 is 0 Å². The van der Waals surface area contributed by atoms with E-state index in [1.165, 1.54) is 0 Å². The second-order valence-corrected chi connectivity index (χ2v) is 2.87. The van der Waals surface area contributed by atoms with Gasteiger partial charge in [-0.05, 0) is 25.9 Å². The fourth-order valence-electron chi connectivity index (χ4n) is 1.29. The Balaban J connectivity index is 2.15. The van der Waals surface area contributed by atoms with Crippen molar-refractivity contribution in [1.29, 1.82) is 0 Å². The lowest BCUT2D eigenvalue weighted by molar-refractivity contribution is -0.238. The van der Waals surface area contributed by atoms with Crippen LogP contribution < -0.4 is 10.6 Å². The van der Waals surface area contributed by atoms with Crippen molar-refractivity contribution in [2.75, 3.05) is 19.7 Å². The van der Waals surface area contributed by atoms with E-state index in [9.17, 15) is 4.79 Å². The van der Waals surface area contributed by atoms with Crippen molar-refractivity contribution in [1.82, 2.24) is 10.6 Å². The molecule has 0 spiro atoms. The van der Waals surface area contributed by atoms with Gasteiger partial charge in [-0.2, -0.15) is 0 Å². The Morgan fingerprint density at radius 2 is 2.25 bits per heavy atom. The topological polar surface area (TPSA) is 70.6 Å². The molecule has 70 valence electrons. The number of carbonyl (C=O) groups is 1. The van der Waals surface area contributed by atoms with Gasteiger partial charge < -0.3 is 10.6 Å². The summed E-state index contributed by atoms with van der Waals surface area (Å²) < 4.78 is 0. The molecule has 5 heteroatoms. The third kappa shape index (κ3) is 3.17. The molecule has 1 aliphatic rings. The summed E-state index contributed by atoms with van der Waals surface area (Å²) in [6, 6.07) is 0.230. The molecule has 0 aromatic rings. The molecule has 3 N–H and O–H groups in total. The van der Waals surface area contributed by atoms with E-state index in [0.717, 1.165) is 25.9 Å². The molecule has 0 unspecified atom stereocenters. The molecule has 0 bridgehead atoms. The second-order valence-electron chi connectivity index (χ2n) is 2.87. The highest BCUT2D eigenvalue weighted by Gasteiger charge is 2.14. The summed E-state index contributed by atoms with van der Waals surface area (Å²) in [5.41, 5.74) is 0. The van der Waals surface area contributed by atoms with Gasteiger partial charge in [0, 0.05) is 6.04 Å². The van der Waals surface area contributed by atoms with E-state index in [1.807, 2.05) is 0 Å². The largest absolute Gasteiger partial charge is 0.351 e. The van der Waals surface area contributed by atoms with Gasteiger partial charge in [0.25, 0.3) is 0 Å². The Labute approximate surface area is 71.0 Å². The summed E-state index contributed by atoms with van der Waals surface area (Å²) >= 11 is 0. The molecule has 1 amide bonds. The lowest BCUT2D eigenvalue weighted by atomic mass is 10.1. The first-order valence-electron chi connectivity index (χ1n) is 4.09. The predicted molar refractivity (Wildman–Crippen MR) is 42.6 cm³/mol. The van der Waals surface area contributed by atoms with Crippen LogP contribution in [-0.2, 0) is 9.68 Å². The lowest BCUT2D eigenvalue weighted by Crippen LogP contribution is -2.43. The van der Waals surface area contributed by atoms with Crippen LogP contribution in [-0.4, -0.2) is 36.9 Å². The van der Waals surface area contributed by atoms with E-state index < -0.39 is 0 Å². The molecule has 1 fully saturated rings. The van der Waals surface area contributed by atoms with E-state index in [-0.39, 0.29) is 18.6 Å². The Bertz CT molecular complexity index is 146. The predicted octanol–water partition coefficient (Wildman–Crippen LogP) is -0.656. The van der Waals surface area contributed by atoms with Crippen LogP contribution in [0.25, 0.3) is 0 Å². The van der Waals surface area contributed by atoms with Gasteiger partial charge >= 0.3 is 0 Å². The van der Waals surface area contributed by atoms with Gasteiger partial charge in [-0.1, -0.05) is 0 Å². The molecule has 0 saturated carbocycles. The number of nitrogens with one attached hydrogen (secondary N) is 2. The quantitative estimate of drug-likeness (QED) is 0.392. The average molecular weight is 174 g/mol. The first-order chi connectivity index (χ1) is 5.83.